The number of benzene rings is 1. The van der Waals surface area contributed by atoms with Gasteiger partial charge in [0.2, 0.25) is 0 Å². The van der Waals surface area contributed by atoms with Crippen LogP contribution in [-0.2, 0) is 11.2 Å². The standard InChI is InChI=1S/C18H31N3O3/c1-5-24-13-7-6-11-20-18(19-2)21-12-10-15-14-16(22-3)8-9-17(15)23-4/h8-9,14H,5-7,10-13H2,1-4H3,(H2,19,20,21). The Kier molecular flexibility index (Phi) is 10.4. The van der Waals surface area contributed by atoms with Crippen molar-refractivity contribution in [1.29, 1.82) is 0 Å². The van der Waals surface area contributed by atoms with Gasteiger partial charge in [0.15, 0.2) is 5.96 Å². The third-order valence-corrected chi connectivity index (χ3v) is 3.61. The molecule has 0 aliphatic carbocycles. The van der Waals surface area contributed by atoms with Crippen molar-refractivity contribution in [3.63, 3.8) is 0 Å². The van der Waals surface area contributed by atoms with Crippen LogP contribution >= 0.6 is 0 Å². The number of aliphatic imine (C=N–C) groups is 1. The molecule has 0 saturated carbocycles. The summed E-state index contributed by atoms with van der Waals surface area (Å²) in [7, 11) is 5.13. The summed E-state index contributed by atoms with van der Waals surface area (Å²) < 4.78 is 16.0. The first kappa shape index (κ1) is 20.1. The van der Waals surface area contributed by atoms with Crippen LogP contribution in [0.2, 0.25) is 0 Å². The van der Waals surface area contributed by atoms with Crippen molar-refractivity contribution in [3.05, 3.63) is 23.8 Å². The first-order chi connectivity index (χ1) is 11.7. The lowest BCUT2D eigenvalue weighted by molar-refractivity contribution is 0.143. The Morgan fingerprint density at radius 3 is 2.54 bits per heavy atom. The van der Waals surface area contributed by atoms with E-state index in [4.69, 9.17) is 14.2 Å². The van der Waals surface area contributed by atoms with Gasteiger partial charge in [-0.15, -0.1) is 0 Å². The topological polar surface area (TPSA) is 64.1 Å². The summed E-state index contributed by atoms with van der Waals surface area (Å²) in [5, 5.41) is 6.63. The fourth-order valence-electron chi connectivity index (χ4n) is 2.29. The van der Waals surface area contributed by atoms with Crippen molar-refractivity contribution in [2.24, 2.45) is 4.99 Å². The average molecular weight is 337 g/mol. The highest BCUT2D eigenvalue weighted by Crippen LogP contribution is 2.24. The van der Waals surface area contributed by atoms with E-state index in [1.165, 1.54) is 0 Å². The van der Waals surface area contributed by atoms with Crippen LogP contribution in [-0.4, -0.2) is 53.5 Å². The fraction of sp³-hybridized carbons (Fsp3) is 0.611. The quantitative estimate of drug-likeness (QED) is 0.368. The van der Waals surface area contributed by atoms with Crippen molar-refractivity contribution in [3.8, 4) is 11.5 Å². The lowest BCUT2D eigenvalue weighted by atomic mass is 10.1. The average Bonchev–Trinajstić information content (AvgIpc) is 2.62. The lowest BCUT2D eigenvalue weighted by Gasteiger charge is -2.14. The first-order valence-corrected chi connectivity index (χ1v) is 8.48. The van der Waals surface area contributed by atoms with Crippen molar-refractivity contribution in [2.75, 3.05) is 47.6 Å². The van der Waals surface area contributed by atoms with Crippen LogP contribution in [0.25, 0.3) is 0 Å². The maximum absolute atomic E-state index is 5.40. The van der Waals surface area contributed by atoms with Crippen molar-refractivity contribution in [1.82, 2.24) is 10.6 Å². The summed E-state index contributed by atoms with van der Waals surface area (Å²) >= 11 is 0. The van der Waals surface area contributed by atoms with E-state index < -0.39 is 0 Å². The molecule has 0 unspecified atom stereocenters. The van der Waals surface area contributed by atoms with Crippen LogP contribution in [0.15, 0.2) is 23.2 Å². The van der Waals surface area contributed by atoms with E-state index in [1.54, 1.807) is 21.3 Å². The van der Waals surface area contributed by atoms with Gasteiger partial charge >= 0.3 is 0 Å². The van der Waals surface area contributed by atoms with Gasteiger partial charge in [0, 0.05) is 33.4 Å². The lowest BCUT2D eigenvalue weighted by Crippen LogP contribution is -2.38. The molecule has 0 bridgehead atoms. The van der Waals surface area contributed by atoms with E-state index in [9.17, 15) is 0 Å². The maximum atomic E-state index is 5.40. The number of nitrogens with one attached hydrogen (secondary N) is 2. The third-order valence-electron chi connectivity index (χ3n) is 3.61. The Morgan fingerprint density at radius 2 is 1.88 bits per heavy atom. The zero-order valence-corrected chi connectivity index (χ0v) is 15.4. The number of rotatable bonds is 11. The summed E-state index contributed by atoms with van der Waals surface area (Å²) in [5.41, 5.74) is 1.11. The molecule has 0 radical (unpaired) electrons. The van der Waals surface area contributed by atoms with Gasteiger partial charge in [-0.05, 0) is 49.9 Å². The van der Waals surface area contributed by atoms with Crippen LogP contribution in [0.4, 0.5) is 0 Å². The number of nitrogens with zero attached hydrogens (tertiary/aromatic N) is 1. The number of ether oxygens (including phenoxy) is 3. The van der Waals surface area contributed by atoms with Crippen molar-refractivity contribution < 1.29 is 14.2 Å². The predicted octanol–water partition coefficient (Wildman–Crippen LogP) is 2.23. The third kappa shape index (κ3) is 7.55. The molecule has 6 heteroatoms. The van der Waals surface area contributed by atoms with Gasteiger partial charge in [0.05, 0.1) is 14.2 Å². The Morgan fingerprint density at radius 1 is 1.08 bits per heavy atom. The van der Waals surface area contributed by atoms with Gasteiger partial charge in [-0.2, -0.15) is 0 Å². The van der Waals surface area contributed by atoms with Gasteiger partial charge in [-0.25, -0.2) is 0 Å². The zero-order chi connectivity index (χ0) is 17.6. The largest absolute Gasteiger partial charge is 0.497 e. The SMILES string of the molecule is CCOCCCCNC(=NC)NCCc1cc(OC)ccc1OC. The van der Waals surface area contributed by atoms with Crippen LogP contribution in [0, 0.1) is 0 Å². The second kappa shape index (κ2) is 12.5. The Labute approximate surface area is 145 Å². The smallest absolute Gasteiger partial charge is 0.190 e. The molecule has 1 aromatic carbocycles. The molecule has 0 spiro atoms. The van der Waals surface area contributed by atoms with Gasteiger partial charge in [-0.1, -0.05) is 0 Å². The van der Waals surface area contributed by atoms with Gasteiger partial charge in [0.1, 0.15) is 11.5 Å². The van der Waals surface area contributed by atoms with Crippen LogP contribution in [0.1, 0.15) is 25.3 Å². The molecule has 0 heterocycles. The molecular weight excluding hydrogens is 306 g/mol. The summed E-state index contributed by atoms with van der Waals surface area (Å²) in [6.45, 7) is 5.27. The minimum absolute atomic E-state index is 0.766. The summed E-state index contributed by atoms with van der Waals surface area (Å²) in [4.78, 5) is 4.24. The molecule has 0 fully saturated rings. The van der Waals surface area contributed by atoms with Gasteiger partial charge in [0.25, 0.3) is 0 Å². The minimum atomic E-state index is 0.766. The number of guanidine groups is 1. The highest BCUT2D eigenvalue weighted by molar-refractivity contribution is 5.79. The van der Waals surface area contributed by atoms with Crippen LogP contribution in [0.5, 0.6) is 11.5 Å². The van der Waals surface area contributed by atoms with E-state index >= 15 is 0 Å². The molecule has 0 aromatic heterocycles. The van der Waals surface area contributed by atoms with E-state index in [1.807, 2.05) is 25.1 Å². The monoisotopic (exact) mass is 337 g/mol. The first-order valence-electron chi connectivity index (χ1n) is 8.48. The number of hydrogen-bond donors (Lipinski definition) is 2. The second-order valence-electron chi connectivity index (χ2n) is 5.26. The number of methoxy groups -OCH3 is 2. The Bertz CT molecular complexity index is 492. The second-order valence-corrected chi connectivity index (χ2v) is 5.26. The summed E-state index contributed by atoms with van der Waals surface area (Å²) in [5.74, 6) is 2.52. The molecule has 0 atom stereocenters. The van der Waals surface area contributed by atoms with Crippen molar-refractivity contribution in [2.45, 2.75) is 26.2 Å². The normalized spacial score (nSPS) is 11.2. The fourth-order valence-corrected chi connectivity index (χ4v) is 2.29. The molecule has 24 heavy (non-hydrogen) atoms. The minimum Gasteiger partial charge on any atom is -0.497 e. The molecule has 1 aromatic rings. The maximum Gasteiger partial charge on any atom is 0.190 e. The van der Waals surface area contributed by atoms with Gasteiger partial charge < -0.3 is 24.8 Å². The van der Waals surface area contributed by atoms with Crippen molar-refractivity contribution >= 4 is 5.96 Å². The summed E-state index contributed by atoms with van der Waals surface area (Å²) in [6, 6.07) is 5.84. The van der Waals surface area contributed by atoms with E-state index in [-0.39, 0.29) is 0 Å². The number of hydrogen-bond acceptors (Lipinski definition) is 4. The van der Waals surface area contributed by atoms with Crippen LogP contribution < -0.4 is 20.1 Å². The Hall–Kier alpha value is -1.95. The molecule has 0 amide bonds. The Balaban J connectivity index is 2.34. The molecule has 0 aliphatic rings. The predicted molar refractivity (Wildman–Crippen MR) is 98.3 cm³/mol. The van der Waals surface area contributed by atoms with E-state index in [2.05, 4.69) is 15.6 Å². The van der Waals surface area contributed by atoms with Crippen LogP contribution in [0.3, 0.4) is 0 Å². The molecule has 0 aliphatic heterocycles. The zero-order valence-electron chi connectivity index (χ0n) is 15.4. The molecular formula is C18H31N3O3. The molecule has 0 saturated heterocycles. The molecule has 6 nitrogen and oxygen atoms in total. The highest BCUT2D eigenvalue weighted by Gasteiger charge is 2.05. The molecule has 1 rings (SSSR count). The summed E-state index contributed by atoms with van der Waals surface area (Å²) in [6.07, 6.45) is 2.94. The van der Waals surface area contributed by atoms with E-state index in [0.29, 0.717) is 0 Å². The van der Waals surface area contributed by atoms with Gasteiger partial charge in [-0.3, -0.25) is 4.99 Å². The number of unbranched alkanes of at least 4 members (excludes halogenated alkanes) is 1. The molecule has 136 valence electrons. The molecule has 2 N–H and O–H groups in total. The van der Waals surface area contributed by atoms with E-state index in [0.717, 1.165) is 68.6 Å². The highest BCUT2D eigenvalue weighted by atomic mass is 16.5.